The lowest BCUT2D eigenvalue weighted by molar-refractivity contribution is 0.883. The summed E-state index contributed by atoms with van der Waals surface area (Å²) in [5, 5.41) is 0. The van der Waals surface area contributed by atoms with E-state index in [1.54, 1.807) is 0 Å². The van der Waals surface area contributed by atoms with E-state index in [0.717, 1.165) is 11.4 Å². The van der Waals surface area contributed by atoms with Gasteiger partial charge < -0.3 is 5.73 Å². The van der Waals surface area contributed by atoms with Gasteiger partial charge in [-0.15, -0.1) is 0 Å². The number of nitrogens with zero attached hydrogens (tertiary/aromatic N) is 2. The van der Waals surface area contributed by atoms with Crippen LogP contribution in [0.1, 0.15) is 24.2 Å². The number of aliphatic imine (C=N–C) groups is 1. The van der Waals surface area contributed by atoms with E-state index in [0.29, 0.717) is 12.0 Å². The lowest BCUT2D eigenvalue weighted by Crippen LogP contribution is -2.31. The quantitative estimate of drug-likeness (QED) is 0.545. The van der Waals surface area contributed by atoms with Crippen LogP contribution in [0, 0.1) is 13.8 Å². The van der Waals surface area contributed by atoms with E-state index >= 15 is 0 Å². The Morgan fingerprint density at radius 2 is 2.00 bits per heavy atom. The van der Waals surface area contributed by atoms with E-state index in [4.69, 9.17) is 5.73 Å². The second-order valence-corrected chi connectivity index (χ2v) is 3.81. The summed E-state index contributed by atoms with van der Waals surface area (Å²) in [7, 11) is 0. The molecule has 14 heavy (non-hydrogen) atoms. The summed E-state index contributed by atoms with van der Waals surface area (Å²) < 4.78 is 1.95. The number of rotatable bonds is 2. The summed E-state index contributed by atoms with van der Waals surface area (Å²) in [4.78, 5) is 4.31. The minimum absolute atomic E-state index is 0.457. The maximum Gasteiger partial charge on any atom is 0.208 e. The number of nitrogens with one attached hydrogen (secondary N) is 1. The van der Waals surface area contributed by atoms with Crippen LogP contribution in [0.15, 0.2) is 17.1 Å². The summed E-state index contributed by atoms with van der Waals surface area (Å²) in [5.74, 6) is 0.509. The van der Waals surface area contributed by atoms with Gasteiger partial charge in [0.2, 0.25) is 5.96 Å². The maximum absolute atomic E-state index is 5.76. The van der Waals surface area contributed by atoms with Gasteiger partial charge in [0.25, 0.3) is 0 Å². The van der Waals surface area contributed by atoms with Gasteiger partial charge >= 0.3 is 0 Å². The van der Waals surface area contributed by atoms with Crippen LogP contribution < -0.4 is 11.2 Å². The van der Waals surface area contributed by atoms with Crippen LogP contribution in [0.25, 0.3) is 0 Å². The Balaban J connectivity index is 2.09. The third kappa shape index (κ3) is 1.89. The van der Waals surface area contributed by atoms with Crippen LogP contribution >= 0.6 is 0 Å². The normalized spacial score (nSPS) is 17.1. The fourth-order valence-corrected chi connectivity index (χ4v) is 1.39. The molecule has 1 aromatic heterocycles. The van der Waals surface area contributed by atoms with Crippen molar-refractivity contribution in [1.29, 1.82) is 0 Å². The zero-order chi connectivity index (χ0) is 10.1. The predicted octanol–water partition coefficient (Wildman–Crippen LogP) is 1.13. The van der Waals surface area contributed by atoms with Crippen molar-refractivity contribution in [3.63, 3.8) is 0 Å². The highest BCUT2D eigenvalue weighted by Crippen LogP contribution is 2.23. The molecule has 4 heteroatoms. The third-order valence-electron chi connectivity index (χ3n) is 2.37. The SMILES string of the molecule is Cc1ccc(C)n1NC(N)=NC1CC1. The maximum atomic E-state index is 5.76. The van der Waals surface area contributed by atoms with Crippen molar-refractivity contribution in [1.82, 2.24) is 4.68 Å². The molecule has 0 saturated heterocycles. The van der Waals surface area contributed by atoms with Crippen molar-refractivity contribution in [2.75, 3.05) is 5.43 Å². The second-order valence-electron chi connectivity index (χ2n) is 3.81. The lowest BCUT2D eigenvalue weighted by atomic mass is 10.5. The highest BCUT2D eigenvalue weighted by Gasteiger charge is 2.20. The minimum atomic E-state index is 0.457. The molecule has 1 aliphatic rings. The molecular formula is C10H16N4. The van der Waals surface area contributed by atoms with Crippen LogP contribution in [-0.4, -0.2) is 16.7 Å². The summed E-state index contributed by atoms with van der Waals surface area (Å²) in [6.07, 6.45) is 2.35. The molecule has 76 valence electrons. The Kier molecular flexibility index (Phi) is 2.19. The van der Waals surface area contributed by atoms with Crippen LogP contribution in [0.3, 0.4) is 0 Å². The highest BCUT2D eigenvalue weighted by molar-refractivity contribution is 5.85. The fraction of sp³-hybridized carbons (Fsp3) is 0.500. The smallest absolute Gasteiger partial charge is 0.208 e. The highest BCUT2D eigenvalue weighted by atomic mass is 15.5. The largest absolute Gasteiger partial charge is 0.369 e. The van der Waals surface area contributed by atoms with Crippen molar-refractivity contribution >= 4 is 5.96 Å². The average molecular weight is 192 g/mol. The molecular weight excluding hydrogens is 176 g/mol. The number of hydrogen-bond donors (Lipinski definition) is 2. The summed E-state index contributed by atoms with van der Waals surface area (Å²) in [5.41, 5.74) is 11.1. The molecule has 0 spiro atoms. The predicted molar refractivity (Wildman–Crippen MR) is 57.9 cm³/mol. The Morgan fingerprint density at radius 1 is 1.43 bits per heavy atom. The number of aromatic nitrogens is 1. The molecule has 1 aliphatic carbocycles. The molecule has 2 rings (SSSR count). The molecule has 3 N–H and O–H groups in total. The molecule has 4 nitrogen and oxygen atoms in total. The van der Waals surface area contributed by atoms with Crippen molar-refractivity contribution in [2.24, 2.45) is 10.7 Å². The first-order chi connectivity index (χ1) is 6.66. The van der Waals surface area contributed by atoms with Gasteiger partial charge in [-0.1, -0.05) is 0 Å². The summed E-state index contributed by atoms with van der Waals surface area (Å²) in [6.45, 7) is 4.06. The molecule has 0 aliphatic heterocycles. The van der Waals surface area contributed by atoms with Crippen molar-refractivity contribution < 1.29 is 0 Å². The van der Waals surface area contributed by atoms with Crippen LogP contribution in [-0.2, 0) is 0 Å². The number of aryl methyl sites for hydroxylation is 2. The van der Waals surface area contributed by atoms with Crippen LogP contribution in [0.4, 0.5) is 0 Å². The van der Waals surface area contributed by atoms with Crippen LogP contribution in [0.5, 0.6) is 0 Å². The number of guanidine groups is 1. The lowest BCUT2D eigenvalue weighted by Gasteiger charge is -2.11. The van der Waals surface area contributed by atoms with E-state index in [9.17, 15) is 0 Å². The summed E-state index contributed by atoms with van der Waals surface area (Å²) in [6, 6.07) is 4.55. The molecule has 1 aromatic rings. The molecule has 1 fully saturated rings. The zero-order valence-corrected chi connectivity index (χ0v) is 8.62. The van der Waals surface area contributed by atoms with Crippen LogP contribution in [0.2, 0.25) is 0 Å². The van der Waals surface area contributed by atoms with Gasteiger partial charge in [0.1, 0.15) is 0 Å². The molecule has 0 bridgehead atoms. The van der Waals surface area contributed by atoms with E-state index in [1.165, 1.54) is 12.8 Å². The van der Waals surface area contributed by atoms with Crippen molar-refractivity contribution in [2.45, 2.75) is 32.7 Å². The fourth-order valence-electron chi connectivity index (χ4n) is 1.39. The molecule has 1 saturated carbocycles. The Labute approximate surface area is 83.8 Å². The molecule has 0 unspecified atom stereocenters. The zero-order valence-electron chi connectivity index (χ0n) is 8.62. The molecule has 0 aromatic carbocycles. The van der Waals surface area contributed by atoms with Gasteiger partial charge in [-0.3, -0.25) is 10.1 Å². The molecule has 0 radical (unpaired) electrons. The average Bonchev–Trinajstić information content (AvgIpc) is 2.88. The first kappa shape index (κ1) is 9.12. The van der Waals surface area contributed by atoms with E-state index in [1.807, 2.05) is 30.7 Å². The Hall–Kier alpha value is -1.45. The van der Waals surface area contributed by atoms with Gasteiger partial charge in [0, 0.05) is 11.4 Å². The third-order valence-corrected chi connectivity index (χ3v) is 2.37. The number of hydrogen-bond acceptors (Lipinski definition) is 1. The van der Waals surface area contributed by atoms with E-state index in [2.05, 4.69) is 10.4 Å². The standard InChI is InChI=1S/C10H16N4/c1-7-3-4-8(2)14(7)13-10(11)12-9-5-6-9/h3-4,9H,5-6H2,1-2H3,(H3,11,12,13). The monoisotopic (exact) mass is 192 g/mol. The first-order valence-electron chi connectivity index (χ1n) is 4.92. The molecule has 0 atom stereocenters. The Bertz CT molecular complexity index is 341. The van der Waals surface area contributed by atoms with Gasteiger partial charge in [-0.2, -0.15) is 0 Å². The second kappa shape index (κ2) is 3.36. The van der Waals surface area contributed by atoms with Crippen molar-refractivity contribution in [3.8, 4) is 0 Å². The minimum Gasteiger partial charge on any atom is -0.369 e. The molecule has 0 amide bonds. The summed E-state index contributed by atoms with van der Waals surface area (Å²) >= 11 is 0. The van der Waals surface area contributed by atoms with Gasteiger partial charge in [-0.25, -0.2) is 4.99 Å². The van der Waals surface area contributed by atoms with Gasteiger partial charge in [0.05, 0.1) is 6.04 Å². The van der Waals surface area contributed by atoms with E-state index < -0.39 is 0 Å². The van der Waals surface area contributed by atoms with Gasteiger partial charge in [-0.05, 0) is 38.8 Å². The van der Waals surface area contributed by atoms with Gasteiger partial charge in [0.15, 0.2) is 0 Å². The molecule has 1 heterocycles. The van der Waals surface area contributed by atoms with E-state index in [-0.39, 0.29) is 0 Å². The first-order valence-corrected chi connectivity index (χ1v) is 4.92. The Morgan fingerprint density at radius 3 is 2.50 bits per heavy atom. The van der Waals surface area contributed by atoms with Crippen molar-refractivity contribution in [3.05, 3.63) is 23.5 Å². The topological polar surface area (TPSA) is 55.3 Å². The number of nitrogens with two attached hydrogens (primary N) is 1.